The fourth-order valence-corrected chi connectivity index (χ4v) is 5.25. The van der Waals surface area contributed by atoms with Crippen LogP contribution in [-0.2, 0) is 10.0 Å². The number of sulfonamides is 1. The molecule has 1 saturated heterocycles. The van der Waals surface area contributed by atoms with Crippen LogP contribution in [0.1, 0.15) is 0 Å². The molecule has 1 N–H and O–H groups in total. The minimum Gasteiger partial charge on any atom is -0.485 e. The van der Waals surface area contributed by atoms with E-state index in [1.54, 1.807) is 23.5 Å². The van der Waals surface area contributed by atoms with Crippen LogP contribution in [0.5, 0.6) is 11.5 Å². The molecule has 1 aromatic carbocycles. The van der Waals surface area contributed by atoms with E-state index in [0.717, 1.165) is 21.9 Å². The molecular formula is C16H18N2O4S2. The van der Waals surface area contributed by atoms with Gasteiger partial charge in [-0.2, -0.15) is 4.31 Å². The standard InChI is InChI=1S/C16H18N2O4S2/c19-24(20,18-7-5-17-6-8-18)13-3-1-12(2-4-13)16-15-14(11-23-16)21-9-10-22-15/h1-4,11,17H,5-10H2. The summed E-state index contributed by atoms with van der Waals surface area (Å²) >= 11 is 1.54. The second-order valence-corrected chi connectivity index (χ2v) is 8.45. The Kier molecular flexibility index (Phi) is 4.21. The lowest BCUT2D eigenvalue weighted by molar-refractivity contribution is 0.174. The van der Waals surface area contributed by atoms with Gasteiger partial charge in [-0.1, -0.05) is 12.1 Å². The van der Waals surface area contributed by atoms with Gasteiger partial charge in [0, 0.05) is 31.6 Å². The normalized spacial score (nSPS) is 18.5. The van der Waals surface area contributed by atoms with Gasteiger partial charge in [0.25, 0.3) is 0 Å². The molecule has 0 bridgehead atoms. The molecule has 3 heterocycles. The zero-order valence-corrected chi connectivity index (χ0v) is 14.7. The average molecular weight is 366 g/mol. The summed E-state index contributed by atoms with van der Waals surface area (Å²) in [6, 6.07) is 7.00. The lowest BCUT2D eigenvalue weighted by atomic mass is 10.2. The van der Waals surface area contributed by atoms with Gasteiger partial charge in [-0.05, 0) is 17.7 Å². The van der Waals surface area contributed by atoms with Gasteiger partial charge in [-0.3, -0.25) is 0 Å². The Morgan fingerprint density at radius 2 is 1.75 bits per heavy atom. The lowest BCUT2D eigenvalue weighted by Gasteiger charge is -2.26. The third-order valence-electron chi connectivity index (χ3n) is 4.13. The Morgan fingerprint density at radius 3 is 2.50 bits per heavy atom. The highest BCUT2D eigenvalue weighted by atomic mass is 32.2. The second kappa shape index (κ2) is 6.36. The number of ether oxygens (including phenoxy) is 2. The Labute approximate surface area is 145 Å². The number of piperazine rings is 1. The molecule has 0 radical (unpaired) electrons. The van der Waals surface area contributed by atoms with E-state index in [1.807, 2.05) is 17.5 Å². The second-order valence-electron chi connectivity index (χ2n) is 5.63. The summed E-state index contributed by atoms with van der Waals surface area (Å²) in [6.45, 7) is 3.49. The maximum Gasteiger partial charge on any atom is 0.243 e. The summed E-state index contributed by atoms with van der Waals surface area (Å²) in [5.41, 5.74) is 0.936. The smallest absolute Gasteiger partial charge is 0.243 e. The van der Waals surface area contributed by atoms with Gasteiger partial charge >= 0.3 is 0 Å². The first-order chi connectivity index (χ1) is 11.7. The average Bonchev–Trinajstić information content (AvgIpc) is 3.07. The topological polar surface area (TPSA) is 67.9 Å². The molecule has 0 saturated carbocycles. The van der Waals surface area contributed by atoms with Crippen molar-refractivity contribution < 1.29 is 17.9 Å². The molecular weight excluding hydrogens is 348 g/mol. The third kappa shape index (κ3) is 2.79. The number of benzene rings is 1. The van der Waals surface area contributed by atoms with Gasteiger partial charge in [0.05, 0.1) is 9.77 Å². The van der Waals surface area contributed by atoms with Crippen LogP contribution in [0.3, 0.4) is 0 Å². The molecule has 1 fully saturated rings. The zero-order valence-electron chi connectivity index (χ0n) is 13.0. The monoisotopic (exact) mass is 366 g/mol. The molecule has 2 aromatic rings. The highest BCUT2D eigenvalue weighted by Gasteiger charge is 2.26. The summed E-state index contributed by atoms with van der Waals surface area (Å²) in [4.78, 5) is 1.30. The fraction of sp³-hybridized carbons (Fsp3) is 0.375. The predicted molar refractivity (Wildman–Crippen MR) is 92.4 cm³/mol. The minimum absolute atomic E-state index is 0.329. The summed E-state index contributed by atoms with van der Waals surface area (Å²) in [7, 11) is -3.42. The van der Waals surface area contributed by atoms with E-state index in [2.05, 4.69) is 5.32 Å². The molecule has 6 nitrogen and oxygen atoms in total. The quantitative estimate of drug-likeness (QED) is 0.897. The van der Waals surface area contributed by atoms with Crippen LogP contribution in [-0.4, -0.2) is 52.1 Å². The first kappa shape index (κ1) is 15.9. The van der Waals surface area contributed by atoms with Crippen molar-refractivity contribution in [3.63, 3.8) is 0 Å². The number of hydrogen-bond donors (Lipinski definition) is 1. The van der Waals surface area contributed by atoms with Crippen LogP contribution in [0.15, 0.2) is 34.5 Å². The number of fused-ring (bicyclic) bond motifs is 1. The highest BCUT2D eigenvalue weighted by molar-refractivity contribution is 7.89. The van der Waals surface area contributed by atoms with Gasteiger partial charge in [-0.15, -0.1) is 11.3 Å². The Hall–Kier alpha value is -1.61. The van der Waals surface area contributed by atoms with Crippen molar-refractivity contribution in [2.45, 2.75) is 4.90 Å². The Morgan fingerprint density at radius 1 is 1.04 bits per heavy atom. The maximum absolute atomic E-state index is 12.7. The predicted octanol–water partition coefficient (Wildman–Crippen LogP) is 1.78. The van der Waals surface area contributed by atoms with Crippen molar-refractivity contribution in [3.05, 3.63) is 29.6 Å². The van der Waals surface area contributed by atoms with E-state index >= 15 is 0 Å². The molecule has 0 unspecified atom stereocenters. The maximum atomic E-state index is 12.7. The highest BCUT2D eigenvalue weighted by Crippen LogP contribution is 2.45. The summed E-state index contributed by atoms with van der Waals surface area (Å²) in [5.74, 6) is 1.52. The first-order valence-corrected chi connectivity index (χ1v) is 10.2. The van der Waals surface area contributed by atoms with Crippen LogP contribution < -0.4 is 14.8 Å². The number of hydrogen-bond acceptors (Lipinski definition) is 6. The van der Waals surface area contributed by atoms with Crippen LogP contribution in [0, 0.1) is 0 Å². The zero-order chi connectivity index (χ0) is 16.6. The van der Waals surface area contributed by atoms with Gasteiger partial charge in [0.2, 0.25) is 10.0 Å². The molecule has 4 rings (SSSR count). The molecule has 0 atom stereocenters. The van der Waals surface area contributed by atoms with Gasteiger partial charge in [-0.25, -0.2) is 8.42 Å². The summed E-state index contributed by atoms with van der Waals surface area (Å²) in [5, 5.41) is 5.09. The molecule has 0 amide bonds. The molecule has 2 aliphatic heterocycles. The van der Waals surface area contributed by atoms with Crippen molar-refractivity contribution >= 4 is 21.4 Å². The van der Waals surface area contributed by atoms with Crippen molar-refractivity contribution in [1.82, 2.24) is 9.62 Å². The van der Waals surface area contributed by atoms with Gasteiger partial charge in [0.15, 0.2) is 11.5 Å². The van der Waals surface area contributed by atoms with Crippen molar-refractivity contribution in [2.24, 2.45) is 0 Å². The van der Waals surface area contributed by atoms with E-state index in [9.17, 15) is 8.42 Å². The molecule has 128 valence electrons. The number of rotatable bonds is 3. The molecule has 1 aromatic heterocycles. The van der Waals surface area contributed by atoms with Crippen LogP contribution in [0.4, 0.5) is 0 Å². The van der Waals surface area contributed by atoms with Crippen molar-refractivity contribution in [2.75, 3.05) is 39.4 Å². The van der Waals surface area contributed by atoms with Crippen LogP contribution in [0.2, 0.25) is 0 Å². The molecule has 8 heteroatoms. The third-order valence-corrected chi connectivity index (χ3v) is 7.03. The minimum atomic E-state index is -3.42. The Bertz CT molecular complexity index is 824. The van der Waals surface area contributed by atoms with Crippen molar-refractivity contribution in [3.8, 4) is 21.9 Å². The van der Waals surface area contributed by atoms with E-state index < -0.39 is 10.0 Å². The van der Waals surface area contributed by atoms with Gasteiger partial charge in [0.1, 0.15) is 13.2 Å². The molecule has 24 heavy (non-hydrogen) atoms. The van der Waals surface area contributed by atoms with E-state index in [4.69, 9.17) is 9.47 Å². The molecule has 0 spiro atoms. The summed E-state index contributed by atoms with van der Waals surface area (Å²) < 4.78 is 38.1. The fourth-order valence-electron chi connectivity index (χ4n) is 2.87. The number of thiophene rings is 1. The van der Waals surface area contributed by atoms with Crippen LogP contribution in [0.25, 0.3) is 10.4 Å². The lowest BCUT2D eigenvalue weighted by Crippen LogP contribution is -2.46. The van der Waals surface area contributed by atoms with Crippen molar-refractivity contribution in [1.29, 1.82) is 0 Å². The van der Waals surface area contributed by atoms with Crippen LogP contribution >= 0.6 is 11.3 Å². The Balaban J connectivity index is 1.62. The largest absolute Gasteiger partial charge is 0.485 e. The summed E-state index contributed by atoms with van der Waals surface area (Å²) in [6.07, 6.45) is 0. The van der Waals surface area contributed by atoms with Gasteiger partial charge < -0.3 is 14.8 Å². The number of nitrogens with one attached hydrogen (secondary N) is 1. The molecule has 2 aliphatic rings. The SMILES string of the molecule is O=S(=O)(c1ccc(-c2scc3c2OCCO3)cc1)N1CCNCC1. The van der Waals surface area contributed by atoms with E-state index in [0.29, 0.717) is 44.3 Å². The first-order valence-electron chi connectivity index (χ1n) is 7.85. The molecule has 0 aliphatic carbocycles. The van der Waals surface area contributed by atoms with E-state index in [1.165, 1.54) is 4.31 Å². The number of nitrogens with zero attached hydrogens (tertiary/aromatic N) is 1. The van der Waals surface area contributed by atoms with E-state index in [-0.39, 0.29) is 0 Å².